The van der Waals surface area contributed by atoms with E-state index < -0.39 is 0 Å². The van der Waals surface area contributed by atoms with Crippen LogP contribution < -0.4 is 16.5 Å². The van der Waals surface area contributed by atoms with Crippen LogP contribution in [0.1, 0.15) is 24.5 Å². The second kappa shape index (κ2) is 12.0. The van der Waals surface area contributed by atoms with Gasteiger partial charge in [0, 0.05) is 62.9 Å². The van der Waals surface area contributed by atoms with E-state index in [1.165, 1.54) is 21.6 Å². The fourth-order valence-electron chi connectivity index (χ4n) is 7.48. The van der Waals surface area contributed by atoms with Crippen LogP contribution in [-0.4, -0.2) is 22.8 Å². The van der Waals surface area contributed by atoms with E-state index in [1.807, 2.05) is 17.8 Å². The van der Waals surface area contributed by atoms with Crippen LogP contribution >= 0.6 is 11.8 Å². The molecule has 5 heteroatoms. The standard InChI is InChI=1S/C41H38N4S/c1-41(22-11-19-33-32-18-8-9-20-38(32)46-40(33)41)39-21-23-43-45(39)27-28-12-10-17-31(24-28)44-37-26-36(42)34(29-13-4-2-5-14-29)25-35(37)30-15-6-3-7-16-30/h2-20,22,24-26,39-40,43-44H,21,23,27,42H2,1H3. The maximum absolute atomic E-state index is 6.69. The van der Waals surface area contributed by atoms with Crippen molar-refractivity contribution in [2.75, 3.05) is 17.6 Å². The first-order valence-corrected chi connectivity index (χ1v) is 17.0. The number of hydrogen-bond acceptors (Lipinski definition) is 5. The minimum absolute atomic E-state index is 0.00966. The Morgan fingerprint density at radius 1 is 0.826 bits per heavy atom. The van der Waals surface area contributed by atoms with E-state index in [9.17, 15) is 0 Å². The van der Waals surface area contributed by atoms with Gasteiger partial charge in [0.2, 0.25) is 0 Å². The molecule has 3 atom stereocenters. The molecular weight excluding hydrogens is 581 g/mol. The van der Waals surface area contributed by atoms with Crippen LogP contribution in [0.5, 0.6) is 0 Å². The molecule has 8 rings (SSSR count). The largest absolute Gasteiger partial charge is 0.398 e. The highest BCUT2D eigenvalue weighted by Crippen LogP contribution is 2.56. The lowest BCUT2D eigenvalue weighted by molar-refractivity contribution is 0.105. The van der Waals surface area contributed by atoms with E-state index in [2.05, 4.69) is 156 Å². The van der Waals surface area contributed by atoms with Crippen molar-refractivity contribution in [1.29, 1.82) is 0 Å². The maximum atomic E-state index is 6.69. The molecular formula is C41H38N4S. The van der Waals surface area contributed by atoms with Crippen LogP contribution in [-0.2, 0) is 6.54 Å². The van der Waals surface area contributed by atoms with E-state index in [0.717, 1.165) is 58.8 Å². The second-order valence-electron chi connectivity index (χ2n) is 12.7. The number of nitrogen functional groups attached to an aromatic ring is 1. The maximum Gasteiger partial charge on any atom is 0.0485 e. The van der Waals surface area contributed by atoms with Crippen molar-refractivity contribution in [3.05, 3.63) is 151 Å². The molecule has 2 aliphatic heterocycles. The van der Waals surface area contributed by atoms with Gasteiger partial charge < -0.3 is 11.1 Å². The molecule has 46 heavy (non-hydrogen) atoms. The van der Waals surface area contributed by atoms with Crippen LogP contribution in [0.4, 0.5) is 17.1 Å². The zero-order valence-corrected chi connectivity index (χ0v) is 26.8. The summed E-state index contributed by atoms with van der Waals surface area (Å²) < 4.78 is 0. The van der Waals surface area contributed by atoms with E-state index in [1.54, 1.807) is 0 Å². The molecule has 0 spiro atoms. The van der Waals surface area contributed by atoms with Crippen molar-refractivity contribution >= 4 is 34.4 Å². The number of hydrazine groups is 1. The predicted octanol–water partition coefficient (Wildman–Crippen LogP) is 9.56. The first kappa shape index (κ1) is 28.9. The minimum Gasteiger partial charge on any atom is -0.398 e. The van der Waals surface area contributed by atoms with Gasteiger partial charge in [-0.2, -0.15) is 0 Å². The summed E-state index contributed by atoms with van der Waals surface area (Å²) in [5.74, 6) is 0. The van der Waals surface area contributed by atoms with Gasteiger partial charge in [-0.3, -0.25) is 5.43 Å². The van der Waals surface area contributed by atoms with Crippen LogP contribution in [0.2, 0.25) is 0 Å². The van der Waals surface area contributed by atoms with Crippen molar-refractivity contribution in [1.82, 2.24) is 10.4 Å². The number of rotatable bonds is 7. The Bertz CT molecular complexity index is 1950. The number of fused-ring (bicyclic) bond motifs is 3. The summed E-state index contributed by atoms with van der Waals surface area (Å²) in [5, 5.41) is 6.63. The molecule has 1 saturated heterocycles. The third-order valence-corrected chi connectivity index (χ3v) is 11.4. The first-order valence-electron chi connectivity index (χ1n) is 16.1. The molecule has 2 heterocycles. The molecule has 5 aromatic rings. The Hall–Kier alpha value is -4.55. The van der Waals surface area contributed by atoms with E-state index in [-0.39, 0.29) is 5.41 Å². The molecule has 228 valence electrons. The highest BCUT2D eigenvalue weighted by Gasteiger charge is 2.49. The summed E-state index contributed by atoms with van der Waals surface area (Å²) in [5.41, 5.74) is 21.8. The average molecular weight is 619 g/mol. The third-order valence-electron chi connectivity index (χ3n) is 9.77. The van der Waals surface area contributed by atoms with Gasteiger partial charge in [0.1, 0.15) is 0 Å². The van der Waals surface area contributed by atoms with Gasteiger partial charge in [0.25, 0.3) is 0 Å². The summed E-state index contributed by atoms with van der Waals surface area (Å²) in [6.07, 6.45) is 8.19. The Morgan fingerprint density at radius 3 is 2.37 bits per heavy atom. The van der Waals surface area contributed by atoms with E-state index in [4.69, 9.17) is 5.73 Å². The zero-order valence-electron chi connectivity index (χ0n) is 26.0. The molecule has 0 bridgehead atoms. The summed E-state index contributed by atoms with van der Waals surface area (Å²) in [6.45, 7) is 4.27. The highest BCUT2D eigenvalue weighted by molar-refractivity contribution is 8.01. The average Bonchev–Trinajstić information content (AvgIpc) is 3.72. The molecule has 4 nitrogen and oxygen atoms in total. The summed E-state index contributed by atoms with van der Waals surface area (Å²) in [4.78, 5) is 1.40. The van der Waals surface area contributed by atoms with Gasteiger partial charge in [-0.05, 0) is 64.6 Å². The SMILES string of the molecule is CC1(C2CCNN2Cc2cccc(Nc3cc(N)c(-c4ccccc4)cc3-c3ccccc3)c2)C=CC=C2c3ccccc3SC21. The molecule has 1 aliphatic carbocycles. The van der Waals surface area contributed by atoms with Crippen LogP contribution in [0, 0.1) is 5.41 Å². The smallest absolute Gasteiger partial charge is 0.0485 e. The quantitative estimate of drug-likeness (QED) is 0.159. The van der Waals surface area contributed by atoms with Crippen molar-refractivity contribution in [2.24, 2.45) is 5.41 Å². The lowest BCUT2D eigenvalue weighted by Gasteiger charge is -2.43. The zero-order chi connectivity index (χ0) is 31.1. The topological polar surface area (TPSA) is 53.3 Å². The molecule has 4 N–H and O–H groups in total. The molecule has 0 aromatic heterocycles. The fraction of sp³-hybridized carbons (Fsp3) is 0.171. The normalized spacial score (nSPS) is 21.9. The number of allylic oxidation sites excluding steroid dienone is 2. The molecule has 5 aromatic carbocycles. The fourth-order valence-corrected chi connectivity index (χ4v) is 9.02. The van der Waals surface area contributed by atoms with Gasteiger partial charge in [0.05, 0.1) is 0 Å². The number of nitrogens with two attached hydrogens (primary N) is 1. The number of anilines is 3. The van der Waals surface area contributed by atoms with Gasteiger partial charge in [-0.15, -0.1) is 11.8 Å². The minimum atomic E-state index is 0.00966. The number of thioether (sulfide) groups is 1. The lowest BCUT2D eigenvalue weighted by atomic mass is 9.71. The number of nitrogens with one attached hydrogen (secondary N) is 2. The van der Waals surface area contributed by atoms with Crippen LogP contribution in [0.3, 0.4) is 0 Å². The van der Waals surface area contributed by atoms with Crippen molar-refractivity contribution in [2.45, 2.75) is 36.1 Å². The lowest BCUT2D eigenvalue weighted by Crippen LogP contribution is -2.49. The first-order chi connectivity index (χ1) is 22.6. The summed E-state index contributed by atoms with van der Waals surface area (Å²) in [7, 11) is 0. The second-order valence-corrected chi connectivity index (χ2v) is 13.9. The molecule has 0 saturated carbocycles. The number of benzene rings is 5. The van der Waals surface area contributed by atoms with E-state index in [0.29, 0.717) is 11.3 Å². The van der Waals surface area contributed by atoms with E-state index >= 15 is 0 Å². The summed E-state index contributed by atoms with van der Waals surface area (Å²) >= 11 is 2.03. The Kier molecular flexibility index (Phi) is 7.53. The number of hydrogen-bond donors (Lipinski definition) is 3. The van der Waals surface area contributed by atoms with Crippen molar-refractivity contribution < 1.29 is 0 Å². The Labute approximate surface area is 276 Å². The van der Waals surface area contributed by atoms with Crippen LogP contribution in [0.25, 0.3) is 27.8 Å². The molecule has 1 fully saturated rings. The predicted molar refractivity (Wildman–Crippen MR) is 195 cm³/mol. The van der Waals surface area contributed by atoms with Gasteiger partial charge >= 0.3 is 0 Å². The monoisotopic (exact) mass is 618 g/mol. The summed E-state index contributed by atoms with van der Waals surface area (Å²) in [6, 6.07) is 43.3. The Morgan fingerprint density at radius 2 is 1.57 bits per heavy atom. The highest BCUT2D eigenvalue weighted by atomic mass is 32.2. The number of nitrogens with zero attached hydrogens (tertiary/aromatic N) is 1. The van der Waals surface area contributed by atoms with Crippen molar-refractivity contribution in [3.8, 4) is 22.3 Å². The van der Waals surface area contributed by atoms with Gasteiger partial charge in [-0.1, -0.05) is 116 Å². The van der Waals surface area contributed by atoms with Crippen LogP contribution in [0.15, 0.2) is 144 Å². The third kappa shape index (κ3) is 5.25. The molecule has 3 unspecified atom stereocenters. The van der Waals surface area contributed by atoms with Gasteiger partial charge in [-0.25, -0.2) is 5.01 Å². The van der Waals surface area contributed by atoms with Gasteiger partial charge in [0.15, 0.2) is 0 Å². The molecule has 0 radical (unpaired) electrons. The Balaban J connectivity index is 1.06. The molecule has 0 amide bonds. The molecule has 3 aliphatic rings. The van der Waals surface area contributed by atoms with Crippen molar-refractivity contribution in [3.63, 3.8) is 0 Å².